The molecular weight excluding hydrogens is 265 g/mol. The van der Waals surface area contributed by atoms with Crippen LogP contribution in [0.25, 0.3) is 0 Å². The quantitative estimate of drug-likeness (QED) is 0.377. The first-order valence-electron chi connectivity index (χ1n) is 5.86. The summed E-state index contributed by atoms with van der Waals surface area (Å²) < 4.78 is 0. The lowest BCUT2D eigenvalue weighted by Gasteiger charge is -1.98. The van der Waals surface area contributed by atoms with Crippen molar-refractivity contribution in [3.8, 4) is 0 Å². The minimum absolute atomic E-state index is 1.12. The fourth-order valence-electron chi connectivity index (χ4n) is 1.31. The molecule has 0 atom stereocenters. The number of rotatable bonds is 8. The Kier molecular flexibility index (Phi) is 22.2. The molecule has 0 unspecified atom stereocenters. The highest BCUT2D eigenvalue weighted by atomic mass is 35.8. The van der Waals surface area contributed by atoms with Crippen molar-refractivity contribution in [3.63, 3.8) is 0 Å². The van der Waals surface area contributed by atoms with Crippen molar-refractivity contribution in [2.75, 3.05) is 0 Å². The van der Waals surface area contributed by atoms with E-state index in [0.29, 0.717) is 0 Å². The van der Waals surface area contributed by atoms with Crippen molar-refractivity contribution in [1.82, 2.24) is 0 Å². The van der Waals surface area contributed by atoms with E-state index in [2.05, 4.69) is 13.8 Å². The lowest BCUT2D eigenvalue weighted by Crippen LogP contribution is -1.79. The average Bonchev–Trinajstić information content (AvgIpc) is 2.16. The number of hydrogen-bond donors (Lipinski definition) is 0. The molecule has 0 aliphatic heterocycles. The van der Waals surface area contributed by atoms with Crippen LogP contribution < -0.4 is 0 Å². The highest BCUT2D eigenvalue weighted by Gasteiger charge is 2.00. The molecule has 91 valence electrons. The molecule has 4 heteroatoms. The molecular formula is C11H23AlCl3. The lowest BCUT2D eigenvalue weighted by molar-refractivity contribution is 0.577. The molecule has 0 saturated heterocycles. The Hall–Kier alpha value is 1.40. The number of unbranched alkanes of at least 4 members (excludes halogenated alkanes) is 8. The molecule has 0 rings (SSSR count). The van der Waals surface area contributed by atoms with Crippen LogP contribution in [0.5, 0.6) is 0 Å². The number of hydrogen-bond acceptors (Lipinski definition) is 0. The third-order valence-corrected chi connectivity index (χ3v) is 2.10. The van der Waals surface area contributed by atoms with E-state index in [1.54, 1.807) is 0 Å². The lowest BCUT2D eigenvalue weighted by atomic mass is 10.1. The number of halogens is 3. The van der Waals surface area contributed by atoms with Crippen molar-refractivity contribution < 1.29 is 0 Å². The van der Waals surface area contributed by atoms with Gasteiger partial charge in [-0.2, -0.15) is 0 Å². The largest absolute Gasteiger partial charge is 0.643 e. The fraction of sp³-hybridized carbons (Fsp3) is 0.909. The topological polar surface area (TPSA) is 0 Å². The maximum Gasteiger partial charge on any atom is 0.643 e. The summed E-state index contributed by atoms with van der Waals surface area (Å²) in [6, 6.07) is 0. The van der Waals surface area contributed by atoms with E-state index in [1.807, 2.05) is 0 Å². The summed E-state index contributed by atoms with van der Waals surface area (Å²) in [6.45, 7) is 6.10. The Morgan fingerprint density at radius 2 is 1.13 bits per heavy atom. The Balaban J connectivity index is 0. The first kappa shape index (κ1) is 18.8. The molecule has 0 nitrogen and oxygen atoms in total. The van der Waals surface area contributed by atoms with Crippen LogP contribution in [0, 0.1) is 6.92 Å². The second kappa shape index (κ2) is 17.8. The summed E-state index contributed by atoms with van der Waals surface area (Å²) in [4.78, 5) is 0. The summed E-state index contributed by atoms with van der Waals surface area (Å²) in [6.07, 6.45) is 12.4. The molecule has 0 aliphatic rings. The van der Waals surface area contributed by atoms with Crippen LogP contribution in [0.2, 0.25) is 0 Å². The molecule has 0 aromatic heterocycles. The summed E-state index contributed by atoms with van der Waals surface area (Å²) >= 11 is -1.72. The third-order valence-electron chi connectivity index (χ3n) is 2.10. The van der Waals surface area contributed by atoms with Gasteiger partial charge >= 0.3 is 11.4 Å². The molecule has 0 spiro atoms. The van der Waals surface area contributed by atoms with Gasteiger partial charge < -0.3 is 0 Å². The molecule has 0 aromatic rings. The first-order chi connectivity index (χ1) is 7.15. The van der Waals surface area contributed by atoms with Crippen LogP contribution in [0.1, 0.15) is 64.7 Å². The Morgan fingerprint density at radius 1 is 0.800 bits per heavy atom. The van der Waals surface area contributed by atoms with Gasteiger partial charge in [-0.15, -0.1) is 0 Å². The normalized spacial score (nSPS) is 9.40. The molecule has 0 heterocycles. The van der Waals surface area contributed by atoms with Crippen molar-refractivity contribution >= 4 is 41.5 Å². The highest BCUT2D eigenvalue weighted by Crippen LogP contribution is 2.08. The van der Waals surface area contributed by atoms with Crippen LogP contribution >= 0.6 is 30.1 Å². The van der Waals surface area contributed by atoms with E-state index in [0.717, 1.165) is 6.42 Å². The van der Waals surface area contributed by atoms with E-state index < -0.39 is 11.4 Å². The van der Waals surface area contributed by atoms with E-state index in [-0.39, 0.29) is 0 Å². The standard InChI is InChI=1S/C11H23.Al.3ClH/c1-3-5-7-9-11-10-8-6-4-2;;;;/h1,3-11H2,2H3;;3*1H/q;+3;;;/p-3. The van der Waals surface area contributed by atoms with Crippen molar-refractivity contribution in [3.05, 3.63) is 6.92 Å². The maximum absolute atomic E-state index is 4.94. The molecule has 0 aliphatic carbocycles. The second-order valence-corrected chi connectivity index (χ2v) is 10.0. The third kappa shape index (κ3) is 31.3. The fourth-order valence-corrected chi connectivity index (χ4v) is 1.31. The average molecular weight is 289 g/mol. The van der Waals surface area contributed by atoms with Gasteiger partial charge in [0.05, 0.1) is 0 Å². The van der Waals surface area contributed by atoms with Gasteiger partial charge in [-0.25, -0.2) is 30.1 Å². The minimum Gasteiger partial charge on any atom is -0.214 e. The Labute approximate surface area is 113 Å². The molecule has 0 bridgehead atoms. The van der Waals surface area contributed by atoms with Crippen LogP contribution in [0.3, 0.4) is 0 Å². The van der Waals surface area contributed by atoms with Gasteiger partial charge in [0.2, 0.25) is 0 Å². The molecule has 0 amide bonds. The molecule has 1 radical (unpaired) electrons. The van der Waals surface area contributed by atoms with Crippen LogP contribution in [-0.2, 0) is 0 Å². The monoisotopic (exact) mass is 287 g/mol. The summed E-state index contributed by atoms with van der Waals surface area (Å²) in [7, 11) is 14.8. The predicted octanol–water partition coefficient (Wildman–Crippen LogP) is 6.04. The van der Waals surface area contributed by atoms with Gasteiger partial charge in [-0.1, -0.05) is 71.6 Å². The van der Waals surface area contributed by atoms with Crippen LogP contribution in [-0.4, -0.2) is 11.4 Å². The zero-order valence-corrected chi connectivity index (χ0v) is 13.2. The smallest absolute Gasteiger partial charge is 0.214 e. The van der Waals surface area contributed by atoms with Gasteiger partial charge in [0, 0.05) is 0 Å². The highest BCUT2D eigenvalue weighted by molar-refractivity contribution is 7.54. The minimum atomic E-state index is -1.72. The SMILES string of the molecule is [CH2]CCCCCCCCCC.[Cl][Al]([Cl])[Cl]. The zero-order chi connectivity index (χ0) is 11.9. The van der Waals surface area contributed by atoms with Gasteiger partial charge in [-0.05, 0) is 0 Å². The van der Waals surface area contributed by atoms with Crippen molar-refractivity contribution in [2.24, 2.45) is 0 Å². The summed E-state index contributed by atoms with van der Waals surface area (Å²) in [5.74, 6) is 0. The molecule has 0 fully saturated rings. The van der Waals surface area contributed by atoms with Crippen molar-refractivity contribution in [1.29, 1.82) is 0 Å². The van der Waals surface area contributed by atoms with Crippen LogP contribution in [0.4, 0.5) is 0 Å². The van der Waals surface area contributed by atoms with Crippen molar-refractivity contribution in [2.45, 2.75) is 64.7 Å². The van der Waals surface area contributed by atoms with E-state index in [9.17, 15) is 0 Å². The second-order valence-electron chi connectivity index (χ2n) is 3.58. The molecule has 15 heavy (non-hydrogen) atoms. The van der Waals surface area contributed by atoms with E-state index in [1.165, 1.54) is 51.4 Å². The molecule has 0 N–H and O–H groups in total. The van der Waals surface area contributed by atoms with Gasteiger partial charge in [0.15, 0.2) is 0 Å². The Bertz CT molecular complexity index is 89.1. The van der Waals surface area contributed by atoms with Gasteiger partial charge in [0.1, 0.15) is 0 Å². The molecule has 0 saturated carbocycles. The summed E-state index contributed by atoms with van der Waals surface area (Å²) in [5, 5.41) is 0. The van der Waals surface area contributed by atoms with E-state index >= 15 is 0 Å². The van der Waals surface area contributed by atoms with Crippen LogP contribution in [0.15, 0.2) is 0 Å². The zero-order valence-electron chi connectivity index (χ0n) is 9.78. The Morgan fingerprint density at radius 3 is 1.47 bits per heavy atom. The van der Waals surface area contributed by atoms with Gasteiger partial charge in [0.25, 0.3) is 0 Å². The summed E-state index contributed by atoms with van der Waals surface area (Å²) in [5.41, 5.74) is 0. The van der Waals surface area contributed by atoms with Gasteiger partial charge in [-0.3, -0.25) is 0 Å². The first-order valence-corrected chi connectivity index (χ1v) is 11.1. The van der Waals surface area contributed by atoms with E-state index in [4.69, 9.17) is 30.1 Å². The molecule has 0 aromatic carbocycles. The maximum atomic E-state index is 4.94. The predicted molar refractivity (Wildman–Crippen MR) is 75.9 cm³/mol.